The van der Waals surface area contributed by atoms with Crippen molar-refractivity contribution in [2.75, 3.05) is 26.2 Å². The summed E-state index contributed by atoms with van der Waals surface area (Å²) in [6.07, 6.45) is 1.93. The molecule has 0 spiro atoms. The van der Waals surface area contributed by atoms with Crippen molar-refractivity contribution in [3.05, 3.63) is 129 Å². The maximum atomic E-state index is 13.9. The highest BCUT2D eigenvalue weighted by molar-refractivity contribution is 8.00. The molecule has 1 saturated heterocycles. The lowest BCUT2D eigenvalue weighted by Gasteiger charge is -2.40. The zero-order chi connectivity index (χ0) is 30.3. The summed E-state index contributed by atoms with van der Waals surface area (Å²) in [7, 11) is 1.71. The first-order chi connectivity index (χ1) is 20.9. The van der Waals surface area contributed by atoms with Crippen molar-refractivity contribution in [3.63, 3.8) is 0 Å². The largest absolute Gasteiger partial charge is 0.339 e. The van der Waals surface area contributed by atoms with E-state index in [0.717, 1.165) is 25.1 Å². The molecule has 6 nitrogen and oxygen atoms in total. The van der Waals surface area contributed by atoms with Gasteiger partial charge in [-0.15, -0.1) is 0 Å². The van der Waals surface area contributed by atoms with Gasteiger partial charge in [-0.1, -0.05) is 97.9 Å². The average Bonchev–Trinajstić information content (AvgIpc) is 3.03. The van der Waals surface area contributed by atoms with Crippen molar-refractivity contribution in [2.24, 2.45) is 7.05 Å². The number of aryl methyl sites for hydroxylation is 1. The smallest absolute Gasteiger partial charge is 0.257 e. The third kappa shape index (κ3) is 7.25. The minimum Gasteiger partial charge on any atom is -0.339 e. The van der Waals surface area contributed by atoms with Crippen LogP contribution < -0.4 is 5.56 Å². The van der Waals surface area contributed by atoms with E-state index in [-0.39, 0.29) is 28.6 Å². The SMILES string of the molecule is CCCC(Sc1nc(C)c(Cc2ccc(F)cc2)c(=O)n1C)C(=O)N1CCN(C(c2ccccc2)c2ccccc2)CC1. The third-order valence-corrected chi connectivity index (χ3v) is 9.44. The summed E-state index contributed by atoms with van der Waals surface area (Å²) in [6, 6.07) is 27.4. The summed E-state index contributed by atoms with van der Waals surface area (Å²) in [4.78, 5) is 36.4. The standard InChI is InChI=1S/C35H39FN4O2S/c1-4-11-31(43-35-37-25(2)30(33(41)38(35)3)24-26-16-18-29(36)19-17-26)34(42)40-22-20-39(21-23-40)32(27-12-7-5-8-13-27)28-14-9-6-10-15-28/h5-10,12-19,31-32H,4,11,20-24H2,1-3H3. The topological polar surface area (TPSA) is 58.4 Å². The number of carbonyl (C=O) groups is 1. The first-order valence-electron chi connectivity index (χ1n) is 15.0. The van der Waals surface area contributed by atoms with Crippen LogP contribution in [0.4, 0.5) is 4.39 Å². The number of nitrogens with zero attached hydrogens (tertiary/aromatic N) is 4. The number of aromatic nitrogens is 2. The molecule has 0 saturated carbocycles. The Balaban J connectivity index is 1.29. The molecule has 1 atom stereocenters. The summed E-state index contributed by atoms with van der Waals surface area (Å²) < 4.78 is 14.9. The number of piperazine rings is 1. The highest BCUT2D eigenvalue weighted by atomic mass is 32.2. The van der Waals surface area contributed by atoms with Crippen molar-refractivity contribution < 1.29 is 9.18 Å². The quantitative estimate of drug-likeness (QED) is 0.165. The Kier molecular flexibility index (Phi) is 10.1. The Bertz CT molecular complexity index is 1530. The Hall–Kier alpha value is -3.75. The molecule has 1 aliphatic rings. The van der Waals surface area contributed by atoms with Gasteiger partial charge in [0.1, 0.15) is 5.82 Å². The van der Waals surface area contributed by atoms with E-state index in [1.54, 1.807) is 23.7 Å². The molecule has 3 aromatic carbocycles. The summed E-state index contributed by atoms with van der Waals surface area (Å²) in [5.74, 6) is -0.205. The molecule has 2 heterocycles. The van der Waals surface area contributed by atoms with E-state index in [1.807, 2.05) is 24.0 Å². The van der Waals surface area contributed by atoms with Gasteiger partial charge in [-0.25, -0.2) is 9.37 Å². The van der Waals surface area contributed by atoms with Gasteiger partial charge in [0.15, 0.2) is 5.16 Å². The number of amides is 1. The van der Waals surface area contributed by atoms with Gasteiger partial charge in [0, 0.05) is 50.9 Å². The van der Waals surface area contributed by atoms with Crippen LogP contribution in [0, 0.1) is 12.7 Å². The number of carbonyl (C=O) groups excluding carboxylic acids is 1. The van der Waals surface area contributed by atoms with E-state index in [1.165, 1.54) is 35.0 Å². The monoisotopic (exact) mass is 598 g/mol. The lowest BCUT2D eigenvalue weighted by atomic mass is 9.96. The molecule has 5 rings (SSSR count). The second-order valence-electron chi connectivity index (χ2n) is 11.1. The van der Waals surface area contributed by atoms with Gasteiger partial charge >= 0.3 is 0 Å². The van der Waals surface area contributed by atoms with Crippen LogP contribution in [-0.2, 0) is 18.3 Å². The summed E-state index contributed by atoms with van der Waals surface area (Å²) >= 11 is 1.39. The molecule has 0 N–H and O–H groups in total. The second kappa shape index (κ2) is 14.1. The molecule has 1 aliphatic heterocycles. The number of halogens is 1. The van der Waals surface area contributed by atoms with Gasteiger partial charge in [0.2, 0.25) is 5.91 Å². The maximum Gasteiger partial charge on any atom is 0.257 e. The lowest BCUT2D eigenvalue weighted by Crippen LogP contribution is -2.52. The molecule has 0 radical (unpaired) electrons. The van der Waals surface area contributed by atoms with Crippen molar-refractivity contribution in [2.45, 2.75) is 49.6 Å². The fraction of sp³-hybridized carbons (Fsp3) is 0.343. The van der Waals surface area contributed by atoms with Crippen LogP contribution in [0.25, 0.3) is 0 Å². The predicted octanol–water partition coefficient (Wildman–Crippen LogP) is 6.01. The highest BCUT2D eigenvalue weighted by Crippen LogP contribution is 2.31. The van der Waals surface area contributed by atoms with Crippen LogP contribution in [0.2, 0.25) is 0 Å². The molecule has 4 aromatic rings. The molecule has 0 aliphatic carbocycles. The molecule has 224 valence electrons. The third-order valence-electron chi connectivity index (χ3n) is 8.14. The van der Waals surface area contributed by atoms with Crippen molar-refractivity contribution in [1.82, 2.24) is 19.4 Å². The first kappa shape index (κ1) is 30.7. The van der Waals surface area contributed by atoms with Crippen LogP contribution in [0.3, 0.4) is 0 Å². The Labute approximate surface area is 257 Å². The van der Waals surface area contributed by atoms with E-state index in [0.29, 0.717) is 42.3 Å². The maximum absolute atomic E-state index is 13.9. The lowest BCUT2D eigenvalue weighted by molar-refractivity contribution is -0.132. The molecular weight excluding hydrogens is 559 g/mol. The summed E-state index contributed by atoms with van der Waals surface area (Å²) in [6.45, 7) is 6.76. The molecular formula is C35H39FN4O2S. The van der Waals surface area contributed by atoms with E-state index < -0.39 is 0 Å². The van der Waals surface area contributed by atoms with E-state index >= 15 is 0 Å². The molecule has 1 amide bonds. The Morgan fingerprint density at radius 3 is 2.05 bits per heavy atom. The van der Waals surface area contributed by atoms with Crippen LogP contribution >= 0.6 is 11.8 Å². The second-order valence-corrected chi connectivity index (χ2v) is 12.3. The number of benzene rings is 3. The molecule has 1 aromatic heterocycles. The number of rotatable bonds is 10. The minimum atomic E-state index is -0.323. The van der Waals surface area contributed by atoms with E-state index in [4.69, 9.17) is 4.98 Å². The molecule has 0 bridgehead atoms. The van der Waals surface area contributed by atoms with Gasteiger partial charge in [-0.2, -0.15) is 0 Å². The van der Waals surface area contributed by atoms with Gasteiger partial charge < -0.3 is 4.90 Å². The molecule has 43 heavy (non-hydrogen) atoms. The van der Waals surface area contributed by atoms with Gasteiger partial charge in [-0.05, 0) is 42.2 Å². The first-order valence-corrected chi connectivity index (χ1v) is 15.8. The highest BCUT2D eigenvalue weighted by Gasteiger charge is 2.32. The van der Waals surface area contributed by atoms with E-state index in [9.17, 15) is 14.0 Å². The predicted molar refractivity (Wildman–Crippen MR) is 171 cm³/mol. The zero-order valence-electron chi connectivity index (χ0n) is 25.1. The molecule has 1 fully saturated rings. The van der Waals surface area contributed by atoms with Crippen LogP contribution in [0.5, 0.6) is 0 Å². The Morgan fingerprint density at radius 1 is 0.907 bits per heavy atom. The summed E-state index contributed by atoms with van der Waals surface area (Å²) in [5.41, 5.74) is 4.43. The Morgan fingerprint density at radius 2 is 1.49 bits per heavy atom. The molecule has 1 unspecified atom stereocenters. The van der Waals surface area contributed by atoms with Crippen LogP contribution in [-0.4, -0.2) is 56.7 Å². The average molecular weight is 599 g/mol. The fourth-order valence-electron chi connectivity index (χ4n) is 5.76. The minimum absolute atomic E-state index is 0.102. The number of hydrogen-bond donors (Lipinski definition) is 0. The van der Waals surface area contributed by atoms with Crippen molar-refractivity contribution in [1.29, 1.82) is 0 Å². The summed E-state index contributed by atoms with van der Waals surface area (Å²) in [5, 5.41) is 0.222. The van der Waals surface area contributed by atoms with Gasteiger partial charge in [0.25, 0.3) is 5.56 Å². The van der Waals surface area contributed by atoms with Crippen molar-refractivity contribution >= 4 is 17.7 Å². The number of hydrogen-bond acceptors (Lipinski definition) is 5. The normalized spacial score (nSPS) is 14.7. The number of thioether (sulfide) groups is 1. The fourth-order valence-corrected chi connectivity index (χ4v) is 7.05. The van der Waals surface area contributed by atoms with Gasteiger partial charge in [-0.3, -0.25) is 19.1 Å². The van der Waals surface area contributed by atoms with Crippen LogP contribution in [0.15, 0.2) is 94.9 Å². The van der Waals surface area contributed by atoms with E-state index in [2.05, 4.69) is 60.4 Å². The van der Waals surface area contributed by atoms with Crippen LogP contribution in [0.1, 0.15) is 53.8 Å². The van der Waals surface area contributed by atoms with Gasteiger partial charge in [0.05, 0.1) is 11.3 Å². The zero-order valence-corrected chi connectivity index (χ0v) is 25.9. The van der Waals surface area contributed by atoms with Crippen molar-refractivity contribution in [3.8, 4) is 0 Å². The molecule has 8 heteroatoms.